The lowest BCUT2D eigenvalue weighted by Crippen LogP contribution is -2.45. The lowest BCUT2D eigenvalue weighted by atomic mass is 10.0. The molecule has 0 aliphatic heterocycles. The standard InChI is InChI=1S/C78H141N2O6P/c1-6-8-10-12-14-16-18-20-22-24-26-28-30-32-34-36-38-40-42-44-46-48-50-52-54-56-58-60-62-64-66-68-70-72-78(82)79-76(75-86-87(83,84)85-74-73-80(3,4)5)77(81)71-69-67-65-63-61-59-57-55-53-51-49-47-45-43-41-39-37-35-33-31-29-27-25-23-21-19-17-15-13-11-9-7-2/h8,10,14,16,20,22,26,28,32,34,38,40,44,46,61,63,69,71,76-77,81H,6-7,9,11-13,15,17-19,21,23-25,27,29-31,33,35-37,39,41-43,45,47-60,62,64-68,70,72-75H2,1-5H3,(H-,79,82,83,84)/b10-8-,16-14-,22-20-,28-26-,34-32-,40-38-,46-44-,63-61+,71-69+. The molecule has 87 heavy (non-hydrogen) atoms. The van der Waals surface area contributed by atoms with Crippen molar-refractivity contribution in [1.29, 1.82) is 0 Å². The van der Waals surface area contributed by atoms with Gasteiger partial charge in [0.2, 0.25) is 5.91 Å². The van der Waals surface area contributed by atoms with Gasteiger partial charge in [0.05, 0.1) is 39.9 Å². The van der Waals surface area contributed by atoms with Gasteiger partial charge >= 0.3 is 0 Å². The van der Waals surface area contributed by atoms with Crippen LogP contribution in [0.15, 0.2) is 109 Å². The number of allylic oxidation sites excluding steroid dienone is 17. The second kappa shape index (κ2) is 67.6. The first kappa shape index (κ1) is 84.2. The number of carbonyl (C=O) groups is 1. The summed E-state index contributed by atoms with van der Waals surface area (Å²) >= 11 is 0. The minimum atomic E-state index is -4.62. The van der Waals surface area contributed by atoms with Crippen LogP contribution < -0.4 is 10.2 Å². The molecule has 3 atom stereocenters. The van der Waals surface area contributed by atoms with Gasteiger partial charge in [-0.3, -0.25) is 9.36 Å². The van der Waals surface area contributed by atoms with Gasteiger partial charge in [-0.05, 0) is 89.9 Å². The number of amides is 1. The first-order chi connectivity index (χ1) is 42.5. The SMILES string of the molecule is CC/C=C\C/C=C\C/C=C\C/C=C\C/C=C\C/C=C\C/C=C\CCCCCCCCCCCCCC(=O)NC(COP(=O)([O-])OCC[N+](C)(C)C)C(O)/C=C/CC/C=C/CCCCCCCCCCCCCCCCCCCCCCCCCCCC. The second-order valence-corrected chi connectivity index (χ2v) is 27.3. The van der Waals surface area contributed by atoms with Crippen molar-refractivity contribution in [2.24, 2.45) is 0 Å². The van der Waals surface area contributed by atoms with Gasteiger partial charge in [0.15, 0.2) is 0 Å². The summed E-state index contributed by atoms with van der Waals surface area (Å²) in [7, 11) is 1.24. The fourth-order valence-electron chi connectivity index (χ4n) is 10.6. The number of nitrogens with zero attached hydrogens (tertiary/aromatic N) is 1. The van der Waals surface area contributed by atoms with E-state index in [4.69, 9.17) is 9.05 Å². The van der Waals surface area contributed by atoms with Crippen LogP contribution >= 0.6 is 7.82 Å². The summed E-state index contributed by atoms with van der Waals surface area (Å²) < 4.78 is 23.5. The largest absolute Gasteiger partial charge is 0.756 e. The number of quaternary nitrogens is 1. The van der Waals surface area contributed by atoms with Gasteiger partial charge in [0.1, 0.15) is 13.2 Å². The van der Waals surface area contributed by atoms with E-state index in [-0.39, 0.29) is 12.5 Å². The van der Waals surface area contributed by atoms with Crippen LogP contribution in [0.1, 0.15) is 328 Å². The summed E-state index contributed by atoms with van der Waals surface area (Å²) in [5.41, 5.74) is 0. The molecule has 0 aromatic heterocycles. The minimum Gasteiger partial charge on any atom is -0.756 e. The Kier molecular flexibility index (Phi) is 65.3. The number of unbranched alkanes of at least 4 members (excludes halogenated alkanes) is 38. The Morgan fingerprint density at radius 1 is 0.414 bits per heavy atom. The van der Waals surface area contributed by atoms with Crippen molar-refractivity contribution in [2.45, 2.75) is 341 Å². The summed E-state index contributed by atoms with van der Waals surface area (Å²) in [6.45, 7) is 4.54. The van der Waals surface area contributed by atoms with Gasteiger partial charge in [-0.25, -0.2) is 0 Å². The highest BCUT2D eigenvalue weighted by atomic mass is 31.2. The summed E-state index contributed by atoms with van der Waals surface area (Å²) in [5.74, 6) is -0.211. The van der Waals surface area contributed by atoms with Gasteiger partial charge in [-0.1, -0.05) is 342 Å². The zero-order valence-corrected chi connectivity index (χ0v) is 58.6. The Bertz CT molecular complexity index is 1790. The molecule has 0 rings (SSSR count). The van der Waals surface area contributed by atoms with E-state index in [1.54, 1.807) is 6.08 Å². The molecule has 2 N–H and O–H groups in total. The van der Waals surface area contributed by atoms with Crippen molar-refractivity contribution in [1.82, 2.24) is 5.32 Å². The Morgan fingerprint density at radius 2 is 0.713 bits per heavy atom. The Balaban J connectivity index is 4.11. The number of aliphatic hydroxyl groups excluding tert-OH is 1. The predicted octanol–water partition coefficient (Wildman–Crippen LogP) is 23.2. The van der Waals surface area contributed by atoms with Crippen LogP contribution in [0.4, 0.5) is 0 Å². The average molecular weight is 1230 g/mol. The van der Waals surface area contributed by atoms with Crippen molar-refractivity contribution in [2.75, 3.05) is 40.9 Å². The van der Waals surface area contributed by atoms with Crippen molar-refractivity contribution in [3.8, 4) is 0 Å². The molecule has 8 nitrogen and oxygen atoms in total. The molecular formula is C78H141N2O6P. The van der Waals surface area contributed by atoms with Crippen LogP contribution in [0.2, 0.25) is 0 Å². The number of hydrogen-bond acceptors (Lipinski definition) is 6. The predicted molar refractivity (Wildman–Crippen MR) is 380 cm³/mol. The quantitative estimate of drug-likeness (QED) is 0.0272. The molecule has 0 bridgehead atoms. The van der Waals surface area contributed by atoms with E-state index < -0.39 is 26.6 Å². The third kappa shape index (κ3) is 70.5. The fraction of sp³-hybridized carbons (Fsp3) is 0.756. The number of likely N-dealkylation sites (N-methyl/N-ethyl adjacent to an activating group) is 1. The number of aliphatic hydroxyl groups is 1. The number of nitrogens with one attached hydrogen (secondary N) is 1. The maximum atomic E-state index is 13.0. The summed E-state index contributed by atoms with van der Waals surface area (Å²) in [6, 6.07) is -0.914. The molecule has 0 aliphatic carbocycles. The highest BCUT2D eigenvalue weighted by Gasteiger charge is 2.23. The van der Waals surface area contributed by atoms with Crippen molar-refractivity contribution < 1.29 is 32.9 Å². The van der Waals surface area contributed by atoms with Crippen LogP contribution in [-0.2, 0) is 18.4 Å². The van der Waals surface area contributed by atoms with Crippen LogP contribution in [0.3, 0.4) is 0 Å². The maximum Gasteiger partial charge on any atom is 0.268 e. The first-order valence-electron chi connectivity index (χ1n) is 36.7. The average Bonchev–Trinajstić information content (AvgIpc) is 3.71. The van der Waals surface area contributed by atoms with Crippen LogP contribution in [0.5, 0.6) is 0 Å². The van der Waals surface area contributed by atoms with Gasteiger partial charge in [0.25, 0.3) is 7.82 Å². The molecule has 0 heterocycles. The van der Waals surface area contributed by atoms with E-state index in [0.717, 1.165) is 83.5 Å². The van der Waals surface area contributed by atoms with E-state index in [2.05, 4.69) is 116 Å². The Labute approximate surface area is 540 Å². The monoisotopic (exact) mass is 1230 g/mol. The van der Waals surface area contributed by atoms with Crippen LogP contribution in [0.25, 0.3) is 0 Å². The Hall–Kier alpha value is -2.84. The number of hydrogen-bond donors (Lipinski definition) is 2. The van der Waals surface area contributed by atoms with Gasteiger partial charge in [-0.15, -0.1) is 0 Å². The smallest absolute Gasteiger partial charge is 0.268 e. The molecule has 9 heteroatoms. The van der Waals surface area contributed by atoms with E-state index in [1.807, 2.05) is 27.2 Å². The van der Waals surface area contributed by atoms with Crippen molar-refractivity contribution in [3.63, 3.8) is 0 Å². The third-order valence-corrected chi connectivity index (χ3v) is 17.2. The zero-order valence-electron chi connectivity index (χ0n) is 57.7. The Morgan fingerprint density at radius 3 is 1.07 bits per heavy atom. The molecule has 0 saturated carbocycles. The molecule has 0 aromatic carbocycles. The zero-order chi connectivity index (χ0) is 63.4. The van der Waals surface area contributed by atoms with Crippen molar-refractivity contribution in [3.05, 3.63) is 109 Å². The van der Waals surface area contributed by atoms with Crippen LogP contribution in [-0.4, -0.2) is 68.5 Å². The third-order valence-electron chi connectivity index (χ3n) is 16.2. The molecule has 0 fully saturated rings. The molecule has 0 radical (unpaired) electrons. The van der Waals surface area contributed by atoms with Gasteiger partial charge in [0, 0.05) is 6.42 Å². The highest BCUT2D eigenvalue weighted by Crippen LogP contribution is 2.38. The molecule has 0 aliphatic rings. The number of phosphoric ester groups is 1. The summed E-state index contributed by atoms with van der Waals surface area (Å²) in [4.78, 5) is 25.7. The molecule has 3 unspecified atom stereocenters. The van der Waals surface area contributed by atoms with Crippen molar-refractivity contribution >= 4 is 13.7 Å². The fourth-order valence-corrected chi connectivity index (χ4v) is 11.3. The van der Waals surface area contributed by atoms with E-state index in [9.17, 15) is 19.4 Å². The molecule has 0 aromatic rings. The lowest BCUT2D eigenvalue weighted by Gasteiger charge is -2.29. The first-order valence-corrected chi connectivity index (χ1v) is 38.2. The van der Waals surface area contributed by atoms with E-state index in [0.29, 0.717) is 17.4 Å². The molecule has 0 spiro atoms. The topological polar surface area (TPSA) is 108 Å². The molecule has 0 saturated heterocycles. The lowest BCUT2D eigenvalue weighted by molar-refractivity contribution is -0.870. The maximum absolute atomic E-state index is 13.0. The summed E-state index contributed by atoms with van der Waals surface area (Å²) in [5, 5.41) is 14.0. The number of phosphoric acid groups is 1. The molecule has 504 valence electrons. The highest BCUT2D eigenvalue weighted by molar-refractivity contribution is 7.45. The minimum absolute atomic E-state index is 0.0112. The molecule has 1 amide bonds. The van der Waals surface area contributed by atoms with E-state index in [1.165, 1.54) is 225 Å². The van der Waals surface area contributed by atoms with Gasteiger partial charge < -0.3 is 28.8 Å². The normalized spacial score (nSPS) is 14.2. The van der Waals surface area contributed by atoms with E-state index >= 15 is 0 Å². The summed E-state index contributed by atoms with van der Waals surface area (Å²) in [6.07, 6.45) is 99.4. The molecular weight excluding hydrogens is 1090 g/mol. The second-order valence-electron chi connectivity index (χ2n) is 25.9. The number of rotatable bonds is 67. The number of carbonyl (C=O) groups excluding carboxylic acids is 1. The van der Waals surface area contributed by atoms with Gasteiger partial charge in [-0.2, -0.15) is 0 Å². The van der Waals surface area contributed by atoms with Crippen LogP contribution in [0, 0.1) is 0 Å².